The van der Waals surface area contributed by atoms with Crippen molar-refractivity contribution in [1.82, 2.24) is 4.90 Å². The highest BCUT2D eigenvalue weighted by molar-refractivity contribution is 5.79. The molecule has 0 aliphatic carbocycles. The first-order valence-electron chi connectivity index (χ1n) is 7.42. The van der Waals surface area contributed by atoms with Crippen LogP contribution in [-0.2, 0) is 4.79 Å². The van der Waals surface area contributed by atoms with E-state index < -0.39 is 0 Å². The number of hydrogen-bond donors (Lipinski definition) is 2. The zero-order valence-electron chi connectivity index (χ0n) is 13.8. The quantitative estimate of drug-likeness (QED) is 0.877. The van der Waals surface area contributed by atoms with Crippen molar-refractivity contribution >= 4 is 5.91 Å². The average Bonchev–Trinajstić information content (AvgIpc) is 2.42. The summed E-state index contributed by atoms with van der Waals surface area (Å²) in [5.74, 6) is 0.0521. The Kier molecular flexibility index (Phi) is 5.78. The number of hydrogen-bond acceptors (Lipinski definition) is 3. The number of rotatable bonds is 5. The van der Waals surface area contributed by atoms with Gasteiger partial charge in [-0.05, 0) is 24.8 Å². The molecule has 0 aromatic heterocycles. The Bertz CT molecular complexity index is 480. The van der Waals surface area contributed by atoms with Gasteiger partial charge in [0.25, 0.3) is 0 Å². The second kappa shape index (κ2) is 6.94. The van der Waals surface area contributed by atoms with Crippen molar-refractivity contribution in [3.63, 3.8) is 0 Å². The van der Waals surface area contributed by atoms with Crippen LogP contribution in [0.15, 0.2) is 24.3 Å². The minimum atomic E-state index is -0.191. The maximum Gasteiger partial charge on any atom is 0.227 e. The highest BCUT2D eigenvalue weighted by Crippen LogP contribution is 2.30. The molecule has 0 saturated carbocycles. The third-order valence-corrected chi connectivity index (χ3v) is 3.81. The van der Waals surface area contributed by atoms with Crippen LogP contribution in [0.25, 0.3) is 0 Å². The first-order valence-corrected chi connectivity index (χ1v) is 7.42. The molecule has 0 bridgehead atoms. The number of para-hydroxylation sites is 1. The summed E-state index contributed by atoms with van der Waals surface area (Å²) in [6, 6.07) is 6.92. The van der Waals surface area contributed by atoms with Gasteiger partial charge in [-0.15, -0.1) is 0 Å². The fourth-order valence-corrected chi connectivity index (χ4v) is 2.54. The monoisotopic (exact) mass is 292 g/mol. The van der Waals surface area contributed by atoms with E-state index in [1.165, 1.54) is 0 Å². The molecule has 21 heavy (non-hydrogen) atoms. The van der Waals surface area contributed by atoms with Crippen LogP contribution in [0.4, 0.5) is 0 Å². The van der Waals surface area contributed by atoms with E-state index >= 15 is 0 Å². The normalized spacial score (nSPS) is 14.6. The van der Waals surface area contributed by atoms with Crippen molar-refractivity contribution in [3.05, 3.63) is 29.8 Å². The minimum absolute atomic E-state index is 0.0307. The summed E-state index contributed by atoms with van der Waals surface area (Å²) in [4.78, 5) is 14.3. The molecule has 0 fully saturated rings. The number of phenols is 1. The smallest absolute Gasteiger partial charge is 0.227 e. The number of carbonyl (C=O) groups is 1. The first kappa shape index (κ1) is 17.5. The van der Waals surface area contributed by atoms with Gasteiger partial charge in [0.05, 0.1) is 12.0 Å². The van der Waals surface area contributed by atoms with Crippen molar-refractivity contribution in [3.8, 4) is 5.75 Å². The Morgan fingerprint density at radius 1 is 1.33 bits per heavy atom. The number of benzene rings is 1. The summed E-state index contributed by atoms with van der Waals surface area (Å²) in [6.45, 7) is 8.58. The van der Waals surface area contributed by atoms with E-state index in [-0.39, 0.29) is 29.0 Å². The van der Waals surface area contributed by atoms with Gasteiger partial charge in [-0.25, -0.2) is 0 Å². The average molecular weight is 292 g/mol. The number of nitrogens with two attached hydrogens (primary N) is 1. The molecule has 0 saturated heterocycles. The molecule has 0 aliphatic rings. The Morgan fingerprint density at radius 2 is 1.90 bits per heavy atom. The molecule has 1 aromatic carbocycles. The molecule has 2 atom stereocenters. The minimum Gasteiger partial charge on any atom is -0.508 e. The molecule has 1 rings (SSSR count). The van der Waals surface area contributed by atoms with E-state index in [9.17, 15) is 9.90 Å². The topological polar surface area (TPSA) is 66.6 Å². The Balaban J connectivity index is 2.88. The number of phenolic OH excluding ortho intramolecular Hbond substituents is 1. The van der Waals surface area contributed by atoms with Crippen molar-refractivity contribution in [2.45, 2.75) is 40.2 Å². The van der Waals surface area contributed by atoms with Gasteiger partial charge in [-0.2, -0.15) is 0 Å². The van der Waals surface area contributed by atoms with Crippen LogP contribution in [0.1, 0.15) is 45.7 Å². The molecule has 2 unspecified atom stereocenters. The molecule has 4 nitrogen and oxygen atoms in total. The van der Waals surface area contributed by atoms with E-state index in [4.69, 9.17) is 5.73 Å². The summed E-state index contributed by atoms with van der Waals surface area (Å²) in [6.07, 6.45) is 0.750. The third kappa shape index (κ3) is 4.74. The Labute approximate surface area is 128 Å². The molecule has 0 spiro atoms. The van der Waals surface area contributed by atoms with Crippen LogP contribution in [0.3, 0.4) is 0 Å². The third-order valence-electron chi connectivity index (χ3n) is 3.81. The maximum atomic E-state index is 12.6. The van der Waals surface area contributed by atoms with Gasteiger partial charge < -0.3 is 15.7 Å². The van der Waals surface area contributed by atoms with Crippen molar-refractivity contribution in [1.29, 1.82) is 0 Å². The van der Waals surface area contributed by atoms with Crippen molar-refractivity contribution in [2.75, 3.05) is 13.6 Å². The van der Waals surface area contributed by atoms with Gasteiger partial charge >= 0.3 is 0 Å². The second-order valence-electron chi connectivity index (χ2n) is 6.88. The standard InChI is InChI=1S/C17H28N2O2/c1-12(14-8-6-7-9-15(14)20)19(5)16(21)13(11-18)10-17(2,3)4/h6-9,12-13,20H,10-11,18H2,1-5H3. The largest absolute Gasteiger partial charge is 0.508 e. The van der Waals surface area contributed by atoms with Crippen LogP contribution >= 0.6 is 0 Å². The predicted molar refractivity (Wildman–Crippen MR) is 85.9 cm³/mol. The predicted octanol–water partition coefficient (Wildman–Crippen LogP) is 2.92. The zero-order chi connectivity index (χ0) is 16.2. The van der Waals surface area contributed by atoms with Gasteiger partial charge in [0, 0.05) is 19.2 Å². The molecular weight excluding hydrogens is 264 g/mol. The Morgan fingerprint density at radius 3 is 2.38 bits per heavy atom. The molecular formula is C17H28N2O2. The molecule has 4 heteroatoms. The van der Waals surface area contributed by atoms with Gasteiger partial charge in [0.1, 0.15) is 5.75 Å². The molecule has 3 N–H and O–H groups in total. The fourth-order valence-electron chi connectivity index (χ4n) is 2.54. The number of amides is 1. The lowest BCUT2D eigenvalue weighted by Crippen LogP contribution is -2.39. The van der Waals surface area contributed by atoms with Gasteiger partial charge in [0.2, 0.25) is 5.91 Å². The van der Waals surface area contributed by atoms with E-state index in [0.717, 1.165) is 12.0 Å². The lowest BCUT2D eigenvalue weighted by molar-refractivity contribution is -0.136. The van der Waals surface area contributed by atoms with Crippen LogP contribution in [0.2, 0.25) is 0 Å². The molecule has 0 radical (unpaired) electrons. The first-order chi connectivity index (χ1) is 9.67. The molecule has 0 aliphatic heterocycles. The van der Waals surface area contributed by atoms with Gasteiger partial charge in [0.15, 0.2) is 0 Å². The fraction of sp³-hybridized carbons (Fsp3) is 0.588. The van der Waals surface area contributed by atoms with E-state index in [2.05, 4.69) is 20.8 Å². The summed E-state index contributed by atoms with van der Waals surface area (Å²) >= 11 is 0. The summed E-state index contributed by atoms with van der Waals surface area (Å²) in [5, 5.41) is 9.93. The zero-order valence-corrected chi connectivity index (χ0v) is 13.8. The van der Waals surface area contributed by atoms with E-state index in [0.29, 0.717) is 6.54 Å². The molecule has 1 aromatic rings. The maximum absolute atomic E-state index is 12.6. The highest BCUT2D eigenvalue weighted by Gasteiger charge is 2.29. The summed E-state index contributed by atoms with van der Waals surface area (Å²) < 4.78 is 0. The SMILES string of the molecule is CC(c1ccccc1O)N(C)C(=O)C(CN)CC(C)(C)C. The van der Waals surface area contributed by atoms with Crippen molar-refractivity contribution < 1.29 is 9.90 Å². The van der Waals surface area contributed by atoms with Gasteiger partial charge in [-0.1, -0.05) is 39.0 Å². The highest BCUT2D eigenvalue weighted by atomic mass is 16.3. The Hall–Kier alpha value is -1.55. The second-order valence-corrected chi connectivity index (χ2v) is 6.88. The molecule has 0 heterocycles. The van der Waals surface area contributed by atoms with Crippen LogP contribution in [-0.4, -0.2) is 29.5 Å². The molecule has 118 valence electrons. The van der Waals surface area contributed by atoms with Crippen molar-refractivity contribution in [2.24, 2.45) is 17.1 Å². The van der Waals surface area contributed by atoms with Crippen LogP contribution in [0.5, 0.6) is 5.75 Å². The van der Waals surface area contributed by atoms with Gasteiger partial charge in [-0.3, -0.25) is 4.79 Å². The van der Waals surface area contributed by atoms with E-state index in [1.807, 2.05) is 19.1 Å². The molecule has 1 amide bonds. The lowest BCUT2D eigenvalue weighted by Gasteiger charge is -2.32. The summed E-state index contributed by atoms with van der Waals surface area (Å²) in [5.41, 5.74) is 6.59. The number of nitrogens with zero attached hydrogens (tertiary/aromatic N) is 1. The van der Waals surface area contributed by atoms with Crippen LogP contribution in [0, 0.1) is 11.3 Å². The number of aromatic hydroxyl groups is 1. The summed E-state index contributed by atoms with van der Waals surface area (Å²) in [7, 11) is 1.77. The van der Waals surface area contributed by atoms with Crippen LogP contribution < -0.4 is 5.73 Å². The van der Waals surface area contributed by atoms with E-state index in [1.54, 1.807) is 24.1 Å². The number of carbonyl (C=O) groups excluding carboxylic acids is 1. The lowest BCUT2D eigenvalue weighted by atomic mass is 9.84.